The van der Waals surface area contributed by atoms with Crippen LogP contribution in [-0.2, 0) is 4.79 Å². The zero-order chi connectivity index (χ0) is 8.98. The van der Waals surface area contributed by atoms with Gasteiger partial charge >= 0.3 is 0 Å². The molecule has 2 fully saturated rings. The molecule has 1 heterocycles. The first-order chi connectivity index (χ1) is 5.47. The Kier molecular flexibility index (Phi) is 1.35. The molecule has 0 bridgehead atoms. The van der Waals surface area contributed by atoms with E-state index in [-0.39, 0.29) is 17.2 Å². The Morgan fingerprint density at radius 1 is 1.58 bits per heavy atom. The topological polar surface area (TPSA) is 49.3 Å². The first-order valence-corrected chi connectivity index (χ1v) is 4.52. The molecular formula is C9H15NO2. The van der Waals surface area contributed by atoms with Gasteiger partial charge in [-0.15, -0.1) is 0 Å². The average Bonchev–Trinajstić information content (AvgIpc) is 2.36. The highest BCUT2D eigenvalue weighted by Gasteiger charge is 2.58. The van der Waals surface area contributed by atoms with Crippen LogP contribution in [0.5, 0.6) is 0 Å². The molecule has 1 saturated heterocycles. The van der Waals surface area contributed by atoms with Gasteiger partial charge in [0.1, 0.15) is 5.72 Å². The second-order valence-electron chi connectivity index (χ2n) is 4.54. The number of hydrogen-bond acceptors (Lipinski definition) is 2. The predicted octanol–water partition coefficient (Wildman–Crippen LogP) is 0.631. The molecule has 12 heavy (non-hydrogen) atoms. The smallest absolute Gasteiger partial charge is 0.228 e. The molecule has 0 aromatic carbocycles. The van der Waals surface area contributed by atoms with Gasteiger partial charge < -0.3 is 10.4 Å². The third-order valence-electron chi connectivity index (χ3n) is 3.41. The van der Waals surface area contributed by atoms with Crippen molar-refractivity contribution in [2.24, 2.45) is 11.3 Å². The molecule has 2 N–H and O–H groups in total. The van der Waals surface area contributed by atoms with E-state index in [9.17, 15) is 9.90 Å². The normalized spacial score (nSPS) is 44.2. The number of rotatable bonds is 0. The maximum absolute atomic E-state index is 11.4. The Balaban J connectivity index is 2.37. The van der Waals surface area contributed by atoms with Crippen LogP contribution in [0.4, 0.5) is 0 Å². The van der Waals surface area contributed by atoms with E-state index in [0.29, 0.717) is 6.42 Å². The van der Waals surface area contributed by atoms with Crippen LogP contribution in [0.1, 0.15) is 33.1 Å². The van der Waals surface area contributed by atoms with Gasteiger partial charge in [0.05, 0.1) is 5.41 Å². The summed E-state index contributed by atoms with van der Waals surface area (Å²) < 4.78 is 0. The predicted molar refractivity (Wildman–Crippen MR) is 44.2 cm³/mol. The van der Waals surface area contributed by atoms with Gasteiger partial charge in [-0.05, 0) is 19.3 Å². The lowest BCUT2D eigenvalue weighted by Crippen LogP contribution is -2.42. The van der Waals surface area contributed by atoms with Crippen molar-refractivity contribution < 1.29 is 9.90 Å². The maximum Gasteiger partial charge on any atom is 0.228 e. The molecule has 1 saturated carbocycles. The van der Waals surface area contributed by atoms with Gasteiger partial charge in [-0.25, -0.2) is 0 Å². The van der Waals surface area contributed by atoms with Crippen molar-refractivity contribution in [3.05, 3.63) is 0 Å². The maximum atomic E-state index is 11.4. The molecule has 3 heteroatoms. The highest BCUT2D eigenvalue weighted by atomic mass is 16.3. The molecular weight excluding hydrogens is 154 g/mol. The van der Waals surface area contributed by atoms with E-state index < -0.39 is 5.72 Å². The highest BCUT2D eigenvalue weighted by Crippen LogP contribution is 2.49. The van der Waals surface area contributed by atoms with Crippen molar-refractivity contribution in [1.29, 1.82) is 0 Å². The summed E-state index contributed by atoms with van der Waals surface area (Å²) in [5.74, 6) is 0.104. The van der Waals surface area contributed by atoms with Gasteiger partial charge in [-0.1, -0.05) is 13.8 Å². The van der Waals surface area contributed by atoms with E-state index in [0.717, 1.165) is 12.8 Å². The second-order valence-corrected chi connectivity index (χ2v) is 4.54. The number of aliphatic hydroxyl groups is 1. The number of hydrogen-bond donors (Lipinski definition) is 2. The number of fused-ring (bicyclic) bond motifs is 1. The lowest BCUT2D eigenvalue weighted by atomic mass is 9.78. The van der Waals surface area contributed by atoms with Gasteiger partial charge in [0.15, 0.2) is 0 Å². The van der Waals surface area contributed by atoms with Crippen LogP contribution < -0.4 is 5.32 Å². The van der Waals surface area contributed by atoms with Gasteiger partial charge in [-0.2, -0.15) is 0 Å². The fourth-order valence-corrected chi connectivity index (χ4v) is 2.61. The van der Waals surface area contributed by atoms with E-state index in [4.69, 9.17) is 0 Å². The molecule has 0 aromatic heterocycles. The summed E-state index contributed by atoms with van der Waals surface area (Å²) in [6.45, 7) is 3.83. The highest BCUT2D eigenvalue weighted by molar-refractivity contribution is 5.85. The van der Waals surface area contributed by atoms with Crippen LogP contribution in [0.3, 0.4) is 0 Å². The molecule has 68 valence electrons. The summed E-state index contributed by atoms with van der Waals surface area (Å²) in [7, 11) is 0. The van der Waals surface area contributed by atoms with Gasteiger partial charge in [0.25, 0.3) is 0 Å². The summed E-state index contributed by atoms with van der Waals surface area (Å²) in [5.41, 5.74) is -1.27. The fourth-order valence-electron chi connectivity index (χ4n) is 2.61. The lowest BCUT2D eigenvalue weighted by molar-refractivity contribution is -0.127. The van der Waals surface area contributed by atoms with Crippen molar-refractivity contribution in [3.8, 4) is 0 Å². The minimum Gasteiger partial charge on any atom is -0.371 e. The standard InChI is InChI=1S/C9H15NO2/c1-8(2)6-4-3-5-9(6,12)10-7(8)11/h6,12H,3-5H2,1-2H3,(H,10,11)/t6-,9-/m1/s1. The Bertz CT molecular complexity index is 237. The average molecular weight is 169 g/mol. The largest absolute Gasteiger partial charge is 0.371 e. The molecule has 2 rings (SSSR count). The second kappa shape index (κ2) is 2.02. The quantitative estimate of drug-likeness (QED) is 0.559. The number of carbonyl (C=O) groups is 1. The Labute approximate surface area is 72.2 Å². The van der Waals surface area contributed by atoms with Crippen molar-refractivity contribution in [2.75, 3.05) is 0 Å². The van der Waals surface area contributed by atoms with E-state index in [2.05, 4.69) is 5.32 Å². The monoisotopic (exact) mass is 169 g/mol. The first-order valence-electron chi connectivity index (χ1n) is 4.52. The van der Waals surface area contributed by atoms with Crippen LogP contribution in [-0.4, -0.2) is 16.7 Å². The molecule has 1 aliphatic carbocycles. The van der Waals surface area contributed by atoms with Gasteiger partial charge in [-0.3, -0.25) is 4.79 Å². The minimum absolute atomic E-state index is 0.00491. The van der Waals surface area contributed by atoms with Crippen molar-refractivity contribution in [3.63, 3.8) is 0 Å². The molecule has 0 aromatic rings. The molecule has 0 radical (unpaired) electrons. The van der Waals surface area contributed by atoms with Crippen molar-refractivity contribution >= 4 is 5.91 Å². The van der Waals surface area contributed by atoms with Crippen molar-refractivity contribution in [1.82, 2.24) is 5.32 Å². The third kappa shape index (κ3) is 0.774. The van der Waals surface area contributed by atoms with E-state index >= 15 is 0 Å². The van der Waals surface area contributed by atoms with Crippen LogP contribution in [0, 0.1) is 11.3 Å². The van der Waals surface area contributed by atoms with Gasteiger partial charge in [0, 0.05) is 5.92 Å². The summed E-state index contributed by atoms with van der Waals surface area (Å²) in [6.07, 6.45) is 2.69. The zero-order valence-electron chi connectivity index (χ0n) is 7.55. The lowest BCUT2D eigenvalue weighted by Gasteiger charge is -2.26. The third-order valence-corrected chi connectivity index (χ3v) is 3.41. The van der Waals surface area contributed by atoms with Crippen LogP contribution in [0.2, 0.25) is 0 Å². The number of carbonyl (C=O) groups excluding carboxylic acids is 1. The molecule has 2 atom stereocenters. The van der Waals surface area contributed by atoms with E-state index in [1.165, 1.54) is 0 Å². The Morgan fingerprint density at radius 3 is 2.83 bits per heavy atom. The summed E-state index contributed by atoms with van der Waals surface area (Å²) in [5, 5.41) is 12.7. The molecule has 0 unspecified atom stereocenters. The molecule has 0 spiro atoms. The van der Waals surface area contributed by atoms with Crippen molar-refractivity contribution in [2.45, 2.75) is 38.8 Å². The molecule has 1 aliphatic heterocycles. The first kappa shape index (κ1) is 8.05. The number of amides is 1. The van der Waals surface area contributed by atoms with Gasteiger partial charge in [0.2, 0.25) is 5.91 Å². The molecule has 1 amide bonds. The van der Waals surface area contributed by atoms with Crippen LogP contribution >= 0.6 is 0 Å². The van der Waals surface area contributed by atoms with Crippen LogP contribution in [0.25, 0.3) is 0 Å². The SMILES string of the molecule is CC1(C)C(=O)N[C@@]2(O)CCC[C@H]12. The Morgan fingerprint density at radius 2 is 2.25 bits per heavy atom. The summed E-state index contributed by atoms with van der Waals surface area (Å²) >= 11 is 0. The summed E-state index contributed by atoms with van der Waals surface area (Å²) in [6, 6.07) is 0. The van der Waals surface area contributed by atoms with Crippen LogP contribution in [0.15, 0.2) is 0 Å². The van der Waals surface area contributed by atoms with E-state index in [1.54, 1.807) is 0 Å². The molecule has 3 nitrogen and oxygen atoms in total. The van der Waals surface area contributed by atoms with E-state index in [1.807, 2.05) is 13.8 Å². The molecule has 2 aliphatic rings. The zero-order valence-corrected chi connectivity index (χ0v) is 7.55. The Hall–Kier alpha value is -0.570. The number of nitrogens with one attached hydrogen (secondary N) is 1. The summed E-state index contributed by atoms with van der Waals surface area (Å²) in [4.78, 5) is 11.4. The minimum atomic E-state index is -0.888. The fraction of sp³-hybridized carbons (Fsp3) is 0.889.